The van der Waals surface area contributed by atoms with Gasteiger partial charge in [-0.2, -0.15) is 0 Å². The van der Waals surface area contributed by atoms with Crippen LogP contribution in [0.1, 0.15) is 5.56 Å². The van der Waals surface area contributed by atoms with Gasteiger partial charge in [0.2, 0.25) is 0 Å². The highest BCUT2D eigenvalue weighted by Gasteiger charge is 1.99. The topological polar surface area (TPSA) is 37.3 Å². The quantitative estimate of drug-likeness (QED) is 0.594. The van der Waals surface area contributed by atoms with E-state index in [-0.39, 0.29) is 5.94 Å². The molecule has 0 fully saturated rings. The highest BCUT2D eigenvalue weighted by Crippen LogP contribution is 2.12. The van der Waals surface area contributed by atoms with E-state index in [9.17, 15) is 4.21 Å². The Bertz CT molecular complexity index is 248. The summed E-state index contributed by atoms with van der Waals surface area (Å²) in [5.41, 5.74) is 1.04. The third-order valence-corrected chi connectivity index (χ3v) is 3.71. The number of hydrogen-bond acceptors (Lipinski definition) is 3. The summed E-state index contributed by atoms with van der Waals surface area (Å²) in [6, 6.07) is 9.60. The smallest absolute Gasteiger partial charge is 0.101 e. The van der Waals surface area contributed by atoms with Crippen LogP contribution in [-0.4, -0.2) is 15.3 Å². The first-order chi connectivity index (χ1) is 5.83. The molecule has 1 aromatic carbocycles. The van der Waals surface area contributed by atoms with Crippen molar-refractivity contribution in [3.8, 4) is 0 Å². The van der Waals surface area contributed by atoms with Crippen LogP contribution in [0.5, 0.6) is 0 Å². The molecule has 0 amide bonds. The van der Waals surface area contributed by atoms with Gasteiger partial charge in [0.25, 0.3) is 0 Å². The maximum absolute atomic E-state index is 11.1. The van der Waals surface area contributed by atoms with Crippen molar-refractivity contribution in [3.63, 3.8) is 0 Å². The molecular weight excluding hydrogens is 192 g/mol. The van der Waals surface area contributed by atoms with E-state index in [1.54, 1.807) is 0 Å². The van der Waals surface area contributed by atoms with Gasteiger partial charge in [-0.3, -0.25) is 0 Å². The second-order valence-corrected chi connectivity index (χ2v) is 5.39. The number of aliphatic hydroxyl groups is 1. The van der Waals surface area contributed by atoms with Gasteiger partial charge in [0.05, 0.1) is 15.6 Å². The zero-order valence-corrected chi connectivity index (χ0v) is 8.11. The monoisotopic (exact) mass is 202 g/mol. The summed E-state index contributed by atoms with van der Waals surface area (Å²) in [4.78, 5) is 0. The minimum Gasteiger partial charge on any atom is -0.385 e. The summed E-state index contributed by atoms with van der Waals surface area (Å²) >= 11 is 0. The van der Waals surface area contributed by atoms with Crippen LogP contribution >= 0.6 is 10.8 Å². The Balaban J connectivity index is 2.47. The number of aliphatic hydroxyl groups excluding tert-OH is 1. The van der Waals surface area contributed by atoms with Crippen molar-refractivity contribution in [2.24, 2.45) is 0 Å². The Morgan fingerprint density at radius 1 is 1.33 bits per heavy atom. The van der Waals surface area contributed by atoms with E-state index < -0.39 is 9.83 Å². The molecule has 2 nitrogen and oxygen atoms in total. The third kappa shape index (κ3) is 3.38. The minimum atomic E-state index is -1.00. The molecule has 1 aromatic rings. The second kappa shape index (κ2) is 5.35. The molecule has 0 aliphatic heterocycles. The summed E-state index contributed by atoms with van der Waals surface area (Å²) < 4.78 is 11.1. The van der Waals surface area contributed by atoms with Crippen LogP contribution in [0.3, 0.4) is 0 Å². The summed E-state index contributed by atoms with van der Waals surface area (Å²) in [6.07, 6.45) is 0. The molecule has 0 bridgehead atoms. The molecule has 1 atom stereocenters. The van der Waals surface area contributed by atoms with Crippen LogP contribution in [0.2, 0.25) is 0 Å². The fraction of sp³-hybridized carbons (Fsp3) is 0.250. The van der Waals surface area contributed by atoms with Crippen molar-refractivity contribution < 1.29 is 9.32 Å². The highest BCUT2D eigenvalue weighted by molar-refractivity contribution is 8.68. The highest BCUT2D eigenvalue weighted by atomic mass is 33.1. The van der Waals surface area contributed by atoms with Gasteiger partial charge in [0, 0.05) is 0 Å². The Morgan fingerprint density at radius 3 is 2.58 bits per heavy atom. The van der Waals surface area contributed by atoms with Crippen LogP contribution in [0.4, 0.5) is 0 Å². The number of hydrogen-bond donors (Lipinski definition) is 1. The molecule has 1 rings (SSSR count). The SMILES string of the molecule is O=S(Cc1ccccc1)SCO. The van der Waals surface area contributed by atoms with Crippen LogP contribution in [0.15, 0.2) is 30.3 Å². The molecule has 0 aliphatic rings. The molecule has 0 aliphatic carbocycles. The molecule has 0 saturated heterocycles. The minimum absolute atomic E-state index is 0.0839. The maximum atomic E-state index is 11.1. The van der Waals surface area contributed by atoms with Crippen LogP contribution < -0.4 is 0 Å². The molecule has 0 spiro atoms. The van der Waals surface area contributed by atoms with Gasteiger partial charge in [-0.05, 0) is 16.4 Å². The van der Waals surface area contributed by atoms with Crippen LogP contribution in [0.25, 0.3) is 0 Å². The van der Waals surface area contributed by atoms with E-state index in [0.29, 0.717) is 5.75 Å². The first-order valence-electron chi connectivity index (χ1n) is 3.49. The predicted octanol–water partition coefficient (Wildman–Crippen LogP) is 1.53. The van der Waals surface area contributed by atoms with E-state index in [0.717, 1.165) is 16.4 Å². The third-order valence-electron chi connectivity index (χ3n) is 1.31. The van der Waals surface area contributed by atoms with E-state index >= 15 is 0 Å². The Morgan fingerprint density at radius 2 is 2.00 bits per heavy atom. The number of benzene rings is 1. The lowest BCUT2D eigenvalue weighted by Gasteiger charge is -1.98. The van der Waals surface area contributed by atoms with Crippen LogP contribution in [0, 0.1) is 0 Å². The van der Waals surface area contributed by atoms with E-state index in [4.69, 9.17) is 5.11 Å². The van der Waals surface area contributed by atoms with Gasteiger partial charge in [-0.1, -0.05) is 30.3 Å². The van der Waals surface area contributed by atoms with E-state index in [1.165, 1.54) is 0 Å². The normalized spacial score (nSPS) is 12.8. The molecule has 1 unspecified atom stereocenters. The average molecular weight is 202 g/mol. The van der Waals surface area contributed by atoms with Crippen molar-refractivity contribution in [2.45, 2.75) is 5.75 Å². The molecule has 66 valence electrons. The van der Waals surface area contributed by atoms with E-state index in [2.05, 4.69) is 0 Å². The van der Waals surface area contributed by atoms with Crippen molar-refractivity contribution >= 4 is 20.6 Å². The van der Waals surface area contributed by atoms with Gasteiger partial charge in [-0.15, -0.1) is 0 Å². The first kappa shape index (κ1) is 9.77. The maximum Gasteiger partial charge on any atom is 0.101 e. The fourth-order valence-electron chi connectivity index (χ4n) is 0.811. The summed E-state index contributed by atoms with van der Waals surface area (Å²) in [6.45, 7) is 0. The van der Waals surface area contributed by atoms with E-state index in [1.807, 2.05) is 30.3 Å². The van der Waals surface area contributed by atoms with Gasteiger partial charge in [-0.25, -0.2) is 4.21 Å². The zero-order chi connectivity index (χ0) is 8.81. The summed E-state index contributed by atoms with van der Waals surface area (Å²) in [5, 5.41) is 8.48. The molecule has 1 N–H and O–H groups in total. The lowest BCUT2D eigenvalue weighted by molar-refractivity contribution is 0.376. The predicted molar refractivity (Wildman–Crippen MR) is 53.0 cm³/mol. The largest absolute Gasteiger partial charge is 0.385 e. The first-order valence-corrected chi connectivity index (χ1v) is 6.31. The second-order valence-electron chi connectivity index (χ2n) is 2.18. The van der Waals surface area contributed by atoms with Gasteiger partial charge in [0.15, 0.2) is 0 Å². The Kier molecular flexibility index (Phi) is 4.35. The molecule has 12 heavy (non-hydrogen) atoms. The Hall–Kier alpha value is -0.320. The zero-order valence-electron chi connectivity index (χ0n) is 6.47. The summed E-state index contributed by atoms with van der Waals surface area (Å²) in [5.74, 6) is 0.422. The lowest BCUT2D eigenvalue weighted by Crippen LogP contribution is -1.91. The van der Waals surface area contributed by atoms with Crippen molar-refractivity contribution in [3.05, 3.63) is 35.9 Å². The molecule has 0 saturated carbocycles. The fourth-order valence-corrected chi connectivity index (χ4v) is 2.49. The molecule has 4 heteroatoms. The average Bonchev–Trinajstić information content (AvgIpc) is 2.06. The van der Waals surface area contributed by atoms with Crippen LogP contribution in [-0.2, 0) is 15.6 Å². The number of rotatable bonds is 4. The Labute approximate surface area is 77.9 Å². The summed E-state index contributed by atoms with van der Waals surface area (Å²) in [7, 11) is 0.0495. The van der Waals surface area contributed by atoms with Crippen molar-refractivity contribution in [1.29, 1.82) is 0 Å². The molecule has 0 aromatic heterocycles. The molecular formula is C8H10O2S2. The van der Waals surface area contributed by atoms with Crippen molar-refractivity contribution in [2.75, 3.05) is 5.94 Å². The van der Waals surface area contributed by atoms with Gasteiger partial charge >= 0.3 is 0 Å². The van der Waals surface area contributed by atoms with Gasteiger partial charge in [0.1, 0.15) is 5.94 Å². The van der Waals surface area contributed by atoms with Crippen molar-refractivity contribution in [1.82, 2.24) is 0 Å². The molecule has 0 heterocycles. The standard InChI is InChI=1S/C8H10O2S2/c9-7-11-12(10)6-8-4-2-1-3-5-8/h1-5,9H,6-7H2. The van der Waals surface area contributed by atoms with Gasteiger partial charge < -0.3 is 5.11 Å². The molecule has 0 radical (unpaired) electrons. The lowest BCUT2D eigenvalue weighted by atomic mass is 10.2.